The monoisotopic (exact) mass is 421 g/mol. The number of carbonyl (C=O) groups excluding carboxylic acids is 2. The van der Waals surface area contributed by atoms with E-state index in [4.69, 9.17) is 11.6 Å². The normalized spacial score (nSPS) is 14.0. The minimum atomic E-state index is 0.0160. The van der Waals surface area contributed by atoms with Crippen molar-refractivity contribution < 1.29 is 9.59 Å². The molecule has 3 aromatic rings. The maximum Gasteiger partial charge on any atom is 0.253 e. The van der Waals surface area contributed by atoms with Crippen LogP contribution in [-0.4, -0.2) is 52.4 Å². The maximum atomic E-state index is 12.8. The average molecular weight is 422 g/mol. The third-order valence-corrected chi connectivity index (χ3v) is 5.73. The Hall–Kier alpha value is -3.05. The van der Waals surface area contributed by atoms with Crippen molar-refractivity contribution in [3.63, 3.8) is 0 Å². The largest absolute Gasteiger partial charge is 0.339 e. The van der Waals surface area contributed by atoms with E-state index in [9.17, 15) is 9.59 Å². The van der Waals surface area contributed by atoms with Crippen molar-refractivity contribution >= 4 is 23.4 Å². The number of halogens is 1. The lowest BCUT2D eigenvalue weighted by molar-refractivity contribution is -0.132. The van der Waals surface area contributed by atoms with E-state index in [2.05, 4.69) is 0 Å². The first-order valence-electron chi connectivity index (χ1n) is 10.1. The van der Waals surface area contributed by atoms with E-state index in [0.29, 0.717) is 49.6 Å². The van der Waals surface area contributed by atoms with Crippen LogP contribution in [0.3, 0.4) is 0 Å². The van der Waals surface area contributed by atoms with Crippen molar-refractivity contribution in [3.8, 4) is 5.69 Å². The van der Waals surface area contributed by atoms with E-state index in [1.807, 2.05) is 87.4 Å². The minimum absolute atomic E-state index is 0.0160. The standard InChI is InChI=1S/C24H24ClN3O2/c25-21-8-3-19(4-9-21)5-12-23(29)27-15-17-28(18-16-27)24(30)20-6-10-22(11-7-20)26-13-1-2-14-26/h1-4,6-11,13-14H,5,12,15-18H2. The predicted molar refractivity (Wildman–Crippen MR) is 118 cm³/mol. The molecule has 5 nitrogen and oxygen atoms in total. The zero-order valence-corrected chi connectivity index (χ0v) is 17.5. The molecule has 2 heterocycles. The van der Waals surface area contributed by atoms with Crippen LogP contribution < -0.4 is 0 Å². The van der Waals surface area contributed by atoms with Crippen molar-refractivity contribution in [1.82, 2.24) is 14.4 Å². The van der Waals surface area contributed by atoms with E-state index >= 15 is 0 Å². The molecule has 0 atom stereocenters. The van der Waals surface area contributed by atoms with Crippen molar-refractivity contribution in [2.75, 3.05) is 26.2 Å². The Morgan fingerprint density at radius 2 is 1.40 bits per heavy atom. The first-order chi connectivity index (χ1) is 14.6. The molecule has 0 spiro atoms. The summed E-state index contributed by atoms with van der Waals surface area (Å²) < 4.78 is 2.00. The molecule has 0 unspecified atom stereocenters. The van der Waals surface area contributed by atoms with Crippen molar-refractivity contribution in [2.45, 2.75) is 12.8 Å². The Kier molecular flexibility index (Phi) is 6.19. The van der Waals surface area contributed by atoms with Gasteiger partial charge in [0.25, 0.3) is 5.91 Å². The number of benzene rings is 2. The molecule has 1 aromatic heterocycles. The first-order valence-corrected chi connectivity index (χ1v) is 10.5. The van der Waals surface area contributed by atoms with Gasteiger partial charge in [-0.1, -0.05) is 23.7 Å². The number of nitrogens with zero attached hydrogens (tertiary/aromatic N) is 3. The van der Waals surface area contributed by atoms with Crippen molar-refractivity contribution in [2.24, 2.45) is 0 Å². The average Bonchev–Trinajstić information content (AvgIpc) is 3.33. The molecule has 0 radical (unpaired) electrons. The van der Waals surface area contributed by atoms with Crippen LogP contribution in [0, 0.1) is 0 Å². The van der Waals surface area contributed by atoms with Crippen LogP contribution in [0.15, 0.2) is 73.1 Å². The van der Waals surface area contributed by atoms with Gasteiger partial charge < -0.3 is 14.4 Å². The van der Waals surface area contributed by atoms with Crippen LogP contribution >= 0.6 is 11.6 Å². The Bertz CT molecular complexity index is 990. The van der Waals surface area contributed by atoms with E-state index in [1.165, 1.54) is 0 Å². The Labute approximate surface area is 181 Å². The molecular formula is C24H24ClN3O2. The highest BCUT2D eigenvalue weighted by Gasteiger charge is 2.24. The minimum Gasteiger partial charge on any atom is -0.339 e. The molecule has 0 bridgehead atoms. The van der Waals surface area contributed by atoms with Gasteiger partial charge in [-0.3, -0.25) is 9.59 Å². The van der Waals surface area contributed by atoms with Crippen LogP contribution in [0.5, 0.6) is 0 Å². The van der Waals surface area contributed by atoms with Crippen LogP contribution in [0.25, 0.3) is 5.69 Å². The van der Waals surface area contributed by atoms with Gasteiger partial charge in [0, 0.05) is 61.3 Å². The summed E-state index contributed by atoms with van der Waals surface area (Å²) in [4.78, 5) is 29.0. The molecule has 0 saturated carbocycles. The summed E-state index contributed by atoms with van der Waals surface area (Å²) in [5.74, 6) is 0.149. The summed E-state index contributed by atoms with van der Waals surface area (Å²) in [5, 5.41) is 0.699. The van der Waals surface area contributed by atoms with E-state index in [0.717, 1.165) is 11.3 Å². The van der Waals surface area contributed by atoms with Gasteiger partial charge in [0.15, 0.2) is 0 Å². The van der Waals surface area contributed by atoms with Crippen LogP contribution in [-0.2, 0) is 11.2 Å². The summed E-state index contributed by atoms with van der Waals surface area (Å²) in [6, 6.07) is 19.1. The van der Waals surface area contributed by atoms with Crippen molar-refractivity contribution in [3.05, 3.63) is 89.2 Å². The molecule has 2 aromatic carbocycles. The molecule has 1 fully saturated rings. The number of aryl methyl sites for hydroxylation is 1. The highest BCUT2D eigenvalue weighted by atomic mass is 35.5. The number of rotatable bonds is 5. The van der Waals surface area contributed by atoms with Crippen LogP contribution in [0.2, 0.25) is 5.02 Å². The fourth-order valence-electron chi connectivity index (χ4n) is 3.68. The lowest BCUT2D eigenvalue weighted by Crippen LogP contribution is -2.50. The summed E-state index contributed by atoms with van der Waals surface area (Å²) in [6.07, 6.45) is 5.11. The van der Waals surface area contributed by atoms with Gasteiger partial charge in [-0.15, -0.1) is 0 Å². The molecule has 4 rings (SSSR count). The number of piperazine rings is 1. The molecular weight excluding hydrogens is 398 g/mol. The molecule has 1 aliphatic heterocycles. The number of hydrogen-bond acceptors (Lipinski definition) is 2. The van der Waals surface area contributed by atoms with E-state index in [1.54, 1.807) is 0 Å². The van der Waals surface area contributed by atoms with E-state index in [-0.39, 0.29) is 11.8 Å². The molecule has 6 heteroatoms. The topological polar surface area (TPSA) is 45.6 Å². The summed E-state index contributed by atoms with van der Waals surface area (Å²) >= 11 is 5.90. The molecule has 30 heavy (non-hydrogen) atoms. The van der Waals surface area contributed by atoms with Gasteiger partial charge in [-0.25, -0.2) is 0 Å². The highest BCUT2D eigenvalue weighted by molar-refractivity contribution is 6.30. The molecule has 1 saturated heterocycles. The van der Waals surface area contributed by atoms with E-state index < -0.39 is 0 Å². The number of aromatic nitrogens is 1. The molecule has 1 aliphatic rings. The second-order valence-corrected chi connectivity index (χ2v) is 7.87. The third-order valence-electron chi connectivity index (χ3n) is 5.48. The summed E-state index contributed by atoms with van der Waals surface area (Å²) in [7, 11) is 0. The number of amides is 2. The smallest absolute Gasteiger partial charge is 0.253 e. The fourth-order valence-corrected chi connectivity index (χ4v) is 3.81. The Balaban J connectivity index is 1.27. The zero-order valence-electron chi connectivity index (χ0n) is 16.7. The third kappa shape index (κ3) is 4.74. The van der Waals surface area contributed by atoms with Crippen molar-refractivity contribution in [1.29, 1.82) is 0 Å². The highest BCUT2D eigenvalue weighted by Crippen LogP contribution is 2.15. The van der Waals surface area contributed by atoms with Crippen LogP contribution in [0.4, 0.5) is 0 Å². The van der Waals surface area contributed by atoms with Gasteiger partial charge in [0.1, 0.15) is 0 Å². The predicted octanol–water partition coefficient (Wildman–Crippen LogP) is 4.05. The molecule has 2 amide bonds. The Morgan fingerprint density at radius 3 is 2.03 bits per heavy atom. The lowest BCUT2D eigenvalue weighted by Gasteiger charge is -2.35. The summed E-state index contributed by atoms with van der Waals surface area (Å²) in [6.45, 7) is 2.27. The maximum absolute atomic E-state index is 12.8. The molecule has 0 aliphatic carbocycles. The van der Waals surface area contributed by atoms with Gasteiger partial charge in [0.2, 0.25) is 5.91 Å². The molecule has 154 valence electrons. The van der Waals surface area contributed by atoms with Gasteiger partial charge >= 0.3 is 0 Å². The lowest BCUT2D eigenvalue weighted by atomic mass is 10.1. The van der Waals surface area contributed by atoms with Gasteiger partial charge in [0.05, 0.1) is 0 Å². The second-order valence-electron chi connectivity index (χ2n) is 7.44. The molecule has 0 N–H and O–H groups in total. The SMILES string of the molecule is O=C(CCc1ccc(Cl)cc1)N1CCN(C(=O)c2ccc(-n3cccc3)cc2)CC1. The first kappa shape index (κ1) is 20.2. The van der Waals surface area contributed by atoms with Gasteiger partial charge in [-0.2, -0.15) is 0 Å². The van der Waals surface area contributed by atoms with Gasteiger partial charge in [-0.05, 0) is 60.5 Å². The fraction of sp³-hybridized carbons (Fsp3) is 0.250. The quantitative estimate of drug-likeness (QED) is 0.624. The number of hydrogen-bond donors (Lipinski definition) is 0. The second kappa shape index (κ2) is 9.18. The summed E-state index contributed by atoms with van der Waals surface area (Å²) in [5.41, 5.74) is 2.80. The zero-order chi connectivity index (χ0) is 20.9. The number of carbonyl (C=O) groups is 2. The Morgan fingerprint density at radius 1 is 0.800 bits per heavy atom. The van der Waals surface area contributed by atoms with Crippen LogP contribution in [0.1, 0.15) is 22.3 Å².